The van der Waals surface area contributed by atoms with Crippen LogP contribution >= 0.6 is 0 Å². The molecule has 1 aliphatic heterocycles. The highest BCUT2D eigenvalue weighted by molar-refractivity contribution is 6.02. The minimum absolute atomic E-state index is 0.145. The van der Waals surface area contributed by atoms with Crippen molar-refractivity contribution in [2.24, 2.45) is 11.3 Å². The van der Waals surface area contributed by atoms with Crippen LogP contribution < -0.4 is 0 Å². The van der Waals surface area contributed by atoms with Crippen molar-refractivity contribution in [1.29, 1.82) is 0 Å². The van der Waals surface area contributed by atoms with E-state index in [1.165, 1.54) is 14.2 Å². The Labute approximate surface area is 99.2 Å². The third kappa shape index (κ3) is 1.71. The van der Waals surface area contributed by atoms with E-state index >= 15 is 0 Å². The van der Waals surface area contributed by atoms with Crippen molar-refractivity contribution in [2.45, 2.75) is 18.9 Å². The topological polar surface area (TPSA) is 71.1 Å². The lowest BCUT2D eigenvalue weighted by atomic mass is 9.79. The predicted molar refractivity (Wildman–Crippen MR) is 54.9 cm³/mol. The van der Waals surface area contributed by atoms with Crippen LogP contribution in [0.4, 0.5) is 0 Å². The van der Waals surface area contributed by atoms with Crippen LogP contribution in [0.2, 0.25) is 0 Å². The molecule has 2 rings (SSSR count). The zero-order chi connectivity index (χ0) is 12.5. The second-order valence-corrected chi connectivity index (χ2v) is 4.32. The number of hydrogen-bond donors (Lipinski definition) is 0. The van der Waals surface area contributed by atoms with Gasteiger partial charge in [0.1, 0.15) is 6.79 Å². The molecule has 6 heteroatoms. The largest absolute Gasteiger partial charge is 0.468 e. The standard InChI is InChI=1S/C11H16O6/c1-14-6-17-8-3-4-11(9(12)15-2)7(8)5-16-10(11)13/h7-8H,3-6H2,1-2H3/t7-,8-,11+/m1/s1. The van der Waals surface area contributed by atoms with E-state index < -0.39 is 17.4 Å². The Balaban J connectivity index is 2.18. The molecule has 1 aliphatic carbocycles. The summed E-state index contributed by atoms with van der Waals surface area (Å²) in [5.74, 6) is -1.27. The Kier molecular flexibility index (Phi) is 3.35. The number of carbonyl (C=O) groups excluding carboxylic acids is 2. The van der Waals surface area contributed by atoms with Crippen LogP contribution in [-0.2, 0) is 28.5 Å². The van der Waals surface area contributed by atoms with Gasteiger partial charge in [-0.3, -0.25) is 9.59 Å². The van der Waals surface area contributed by atoms with E-state index in [-0.39, 0.29) is 25.4 Å². The summed E-state index contributed by atoms with van der Waals surface area (Å²) in [6, 6.07) is 0. The zero-order valence-corrected chi connectivity index (χ0v) is 9.93. The molecule has 96 valence electrons. The molecule has 0 radical (unpaired) electrons. The smallest absolute Gasteiger partial charge is 0.324 e. The Hall–Kier alpha value is -1.14. The third-order valence-corrected chi connectivity index (χ3v) is 3.61. The molecule has 1 saturated carbocycles. The molecule has 0 bridgehead atoms. The molecule has 2 aliphatic rings. The number of methoxy groups -OCH3 is 2. The van der Waals surface area contributed by atoms with Gasteiger partial charge in [-0.05, 0) is 12.8 Å². The summed E-state index contributed by atoms with van der Waals surface area (Å²) in [4.78, 5) is 23.6. The van der Waals surface area contributed by atoms with Crippen molar-refractivity contribution in [3.63, 3.8) is 0 Å². The van der Waals surface area contributed by atoms with E-state index in [4.69, 9.17) is 18.9 Å². The van der Waals surface area contributed by atoms with E-state index in [0.29, 0.717) is 12.8 Å². The zero-order valence-electron chi connectivity index (χ0n) is 9.93. The summed E-state index contributed by atoms with van der Waals surface area (Å²) in [6.07, 6.45) is 0.857. The molecule has 0 spiro atoms. The lowest BCUT2D eigenvalue weighted by Crippen LogP contribution is -2.41. The van der Waals surface area contributed by atoms with Gasteiger partial charge in [0.2, 0.25) is 0 Å². The highest BCUT2D eigenvalue weighted by Gasteiger charge is 2.65. The molecule has 1 saturated heterocycles. The van der Waals surface area contributed by atoms with Gasteiger partial charge in [-0.2, -0.15) is 0 Å². The summed E-state index contributed by atoms with van der Waals surface area (Å²) < 4.78 is 20.0. The molecular formula is C11H16O6. The van der Waals surface area contributed by atoms with E-state index in [9.17, 15) is 9.59 Å². The summed E-state index contributed by atoms with van der Waals surface area (Å²) >= 11 is 0. The number of cyclic esters (lactones) is 1. The van der Waals surface area contributed by atoms with Gasteiger partial charge < -0.3 is 18.9 Å². The van der Waals surface area contributed by atoms with Crippen molar-refractivity contribution < 1.29 is 28.5 Å². The Morgan fingerprint density at radius 1 is 1.53 bits per heavy atom. The van der Waals surface area contributed by atoms with E-state index in [0.717, 1.165) is 0 Å². The van der Waals surface area contributed by atoms with Gasteiger partial charge >= 0.3 is 11.9 Å². The SMILES string of the molecule is COCO[C@@H]1CC[C@]2(C(=O)OC)C(=O)OC[C@H]12. The molecule has 0 aromatic rings. The third-order valence-electron chi connectivity index (χ3n) is 3.61. The fourth-order valence-corrected chi connectivity index (χ4v) is 2.74. The number of carbonyl (C=O) groups is 2. The van der Waals surface area contributed by atoms with Gasteiger partial charge in [0.25, 0.3) is 0 Å². The van der Waals surface area contributed by atoms with Gasteiger partial charge in [-0.1, -0.05) is 0 Å². The van der Waals surface area contributed by atoms with Crippen molar-refractivity contribution in [2.75, 3.05) is 27.6 Å². The molecule has 0 unspecified atom stereocenters. The van der Waals surface area contributed by atoms with Crippen LogP contribution in [-0.4, -0.2) is 45.7 Å². The number of fused-ring (bicyclic) bond motifs is 1. The molecule has 3 atom stereocenters. The van der Waals surface area contributed by atoms with Crippen molar-refractivity contribution >= 4 is 11.9 Å². The van der Waals surface area contributed by atoms with Gasteiger partial charge in [0, 0.05) is 13.0 Å². The van der Waals surface area contributed by atoms with Gasteiger partial charge in [0.05, 0.1) is 19.8 Å². The molecule has 2 fully saturated rings. The molecule has 6 nitrogen and oxygen atoms in total. The maximum Gasteiger partial charge on any atom is 0.324 e. The maximum absolute atomic E-state index is 11.8. The summed E-state index contributed by atoms with van der Waals surface area (Å²) in [5.41, 5.74) is -1.16. The summed E-state index contributed by atoms with van der Waals surface area (Å²) in [7, 11) is 2.81. The first-order chi connectivity index (χ1) is 8.16. The van der Waals surface area contributed by atoms with Crippen LogP contribution in [0.15, 0.2) is 0 Å². The molecule has 1 heterocycles. The van der Waals surface area contributed by atoms with Crippen molar-refractivity contribution in [3.05, 3.63) is 0 Å². The molecular weight excluding hydrogens is 228 g/mol. The van der Waals surface area contributed by atoms with Gasteiger partial charge in [-0.15, -0.1) is 0 Å². The van der Waals surface area contributed by atoms with Crippen LogP contribution in [0.5, 0.6) is 0 Å². The molecule has 0 amide bonds. The molecule has 0 N–H and O–H groups in total. The second kappa shape index (κ2) is 4.62. The van der Waals surface area contributed by atoms with Crippen LogP contribution in [0.1, 0.15) is 12.8 Å². The first-order valence-corrected chi connectivity index (χ1v) is 5.53. The van der Waals surface area contributed by atoms with Gasteiger partial charge in [0.15, 0.2) is 5.41 Å². The average Bonchev–Trinajstić information content (AvgIpc) is 2.86. The normalized spacial score (nSPS) is 35.5. The predicted octanol–water partition coefficient (Wildman–Crippen LogP) is 0.102. The summed E-state index contributed by atoms with van der Waals surface area (Å²) in [6.45, 7) is 0.356. The summed E-state index contributed by atoms with van der Waals surface area (Å²) in [5, 5.41) is 0. The Bertz CT molecular complexity index is 328. The van der Waals surface area contributed by atoms with Crippen molar-refractivity contribution in [1.82, 2.24) is 0 Å². The second-order valence-electron chi connectivity index (χ2n) is 4.32. The van der Waals surface area contributed by atoms with Crippen LogP contribution in [0.3, 0.4) is 0 Å². The van der Waals surface area contributed by atoms with E-state index in [2.05, 4.69) is 0 Å². The highest BCUT2D eigenvalue weighted by atomic mass is 16.7. The van der Waals surface area contributed by atoms with Crippen LogP contribution in [0, 0.1) is 11.3 Å². The fourth-order valence-electron chi connectivity index (χ4n) is 2.74. The lowest BCUT2D eigenvalue weighted by Gasteiger charge is -2.23. The Morgan fingerprint density at radius 3 is 2.94 bits per heavy atom. The monoisotopic (exact) mass is 244 g/mol. The Morgan fingerprint density at radius 2 is 2.29 bits per heavy atom. The first kappa shape index (κ1) is 12.3. The van der Waals surface area contributed by atoms with Crippen LogP contribution in [0.25, 0.3) is 0 Å². The number of esters is 2. The maximum atomic E-state index is 11.8. The average molecular weight is 244 g/mol. The molecule has 0 aromatic heterocycles. The van der Waals surface area contributed by atoms with E-state index in [1.807, 2.05) is 0 Å². The number of ether oxygens (including phenoxy) is 4. The molecule has 17 heavy (non-hydrogen) atoms. The van der Waals surface area contributed by atoms with Crippen molar-refractivity contribution in [3.8, 4) is 0 Å². The highest BCUT2D eigenvalue weighted by Crippen LogP contribution is 2.50. The fraction of sp³-hybridized carbons (Fsp3) is 0.818. The van der Waals surface area contributed by atoms with Gasteiger partial charge in [-0.25, -0.2) is 0 Å². The number of hydrogen-bond acceptors (Lipinski definition) is 6. The minimum Gasteiger partial charge on any atom is -0.468 e. The first-order valence-electron chi connectivity index (χ1n) is 5.53. The number of rotatable bonds is 4. The quantitative estimate of drug-likeness (QED) is 0.397. The minimum atomic E-state index is -1.16. The lowest BCUT2D eigenvalue weighted by molar-refractivity contribution is -0.164. The van der Waals surface area contributed by atoms with E-state index in [1.54, 1.807) is 0 Å². The molecule has 0 aromatic carbocycles.